The Kier molecular flexibility index (Phi) is 4.39. The monoisotopic (exact) mass is 408 g/mol. The van der Waals surface area contributed by atoms with Gasteiger partial charge in [0.05, 0.1) is 0 Å². The van der Waals surface area contributed by atoms with E-state index in [0.29, 0.717) is 11.7 Å². The summed E-state index contributed by atoms with van der Waals surface area (Å²) in [5.41, 5.74) is 6.88. The molecule has 2 heterocycles. The van der Waals surface area contributed by atoms with Crippen molar-refractivity contribution in [1.82, 2.24) is 9.88 Å². The van der Waals surface area contributed by atoms with Crippen molar-refractivity contribution in [3.8, 4) is 5.75 Å². The molecule has 2 aliphatic rings. The Balaban J connectivity index is 1.40. The van der Waals surface area contributed by atoms with Gasteiger partial charge in [-0.05, 0) is 66.6 Å². The van der Waals surface area contributed by atoms with Crippen LogP contribution in [0.15, 0.2) is 78.9 Å². The zero-order chi connectivity index (χ0) is 20.8. The highest BCUT2D eigenvalue weighted by molar-refractivity contribution is 5.85. The van der Waals surface area contributed by atoms with E-state index in [9.17, 15) is 5.11 Å². The third kappa shape index (κ3) is 3.16. The second-order valence-corrected chi connectivity index (χ2v) is 9.38. The molecule has 1 aromatic heterocycles. The molecule has 0 spiro atoms. The lowest BCUT2D eigenvalue weighted by Crippen LogP contribution is -2.53. The third-order valence-electron chi connectivity index (χ3n) is 7.65. The topological polar surface area (TPSA) is 39.3 Å². The molecule has 156 valence electrons. The van der Waals surface area contributed by atoms with Gasteiger partial charge in [-0.15, -0.1) is 0 Å². The van der Waals surface area contributed by atoms with Crippen molar-refractivity contribution in [2.45, 2.75) is 31.2 Å². The summed E-state index contributed by atoms with van der Waals surface area (Å²) in [4.78, 5) is 6.36. The Hall–Kier alpha value is -3.04. The molecule has 2 atom stereocenters. The van der Waals surface area contributed by atoms with Crippen molar-refractivity contribution in [3.63, 3.8) is 0 Å². The molecule has 0 saturated carbocycles. The number of likely N-dealkylation sites (tertiary alicyclic amines) is 1. The van der Waals surface area contributed by atoms with Crippen LogP contribution in [0.1, 0.15) is 28.8 Å². The average Bonchev–Trinajstić information content (AvgIpc) is 3.15. The van der Waals surface area contributed by atoms with Crippen LogP contribution in [0.2, 0.25) is 0 Å². The smallest absolute Gasteiger partial charge is 0.115 e. The SMILES string of the molecule is Oc1cccc([C@@]23CCN(Cc4ccccc4)CC2Cc2c([nH]c4ccccc24)C3)c1. The second kappa shape index (κ2) is 7.28. The second-order valence-electron chi connectivity index (χ2n) is 9.38. The average molecular weight is 409 g/mol. The van der Waals surface area contributed by atoms with Crippen LogP contribution in [-0.4, -0.2) is 28.1 Å². The molecule has 0 bridgehead atoms. The van der Waals surface area contributed by atoms with Crippen LogP contribution in [0.25, 0.3) is 10.9 Å². The van der Waals surface area contributed by atoms with Crippen LogP contribution in [0.5, 0.6) is 5.75 Å². The Morgan fingerprint density at radius 1 is 0.968 bits per heavy atom. The minimum atomic E-state index is 0.0693. The Morgan fingerprint density at radius 2 is 1.81 bits per heavy atom. The van der Waals surface area contributed by atoms with Gasteiger partial charge in [0.1, 0.15) is 5.75 Å². The van der Waals surface area contributed by atoms with E-state index in [1.807, 2.05) is 12.1 Å². The first-order valence-corrected chi connectivity index (χ1v) is 11.4. The van der Waals surface area contributed by atoms with E-state index in [1.54, 1.807) is 6.07 Å². The van der Waals surface area contributed by atoms with Crippen molar-refractivity contribution in [2.24, 2.45) is 5.92 Å². The molecule has 31 heavy (non-hydrogen) atoms. The van der Waals surface area contributed by atoms with Gasteiger partial charge in [-0.25, -0.2) is 0 Å². The van der Waals surface area contributed by atoms with Crippen LogP contribution >= 0.6 is 0 Å². The number of benzene rings is 3. The van der Waals surface area contributed by atoms with E-state index in [4.69, 9.17) is 0 Å². The van der Waals surface area contributed by atoms with Gasteiger partial charge >= 0.3 is 0 Å². The maximum atomic E-state index is 10.3. The minimum absolute atomic E-state index is 0.0693. The van der Waals surface area contributed by atoms with Crippen molar-refractivity contribution in [2.75, 3.05) is 13.1 Å². The normalized spacial score (nSPS) is 23.4. The Labute approximate surface area is 183 Å². The number of hydrogen-bond acceptors (Lipinski definition) is 2. The van der Waals surface area contributed by atoms with E-state index >= 15 is 0 Å². The maximum absolute atomic E-state index is 10.3. The number of aromatic hydroxyl groups is 1. The maximum Gasteiger partial charge on any atom is 0.115 e. The molecule has 2 N–H and O–H groups in total. The number of nitrogens with one attached hydrogen (secondary N) is 1. The zero-order valence-electron chi connectivity index (χ0n) is 17.7. The number of rotatable bonds is 3. The van der Waals surface area contributed by atoms with Gasteiger partial charge in [0.15, 0.2) is 0 Å². The van der Waals surface area contributed by atoms with Crippen LogP contribution in [0.3, 0.4) is 0 Å². The molecule has 3 aromatic carbocycles. The molecular formula is C28H28N2O. The molecule has 4 aromatic rings. The summed E-state index contributed by atoms with van der Waals surface area (Å²) in [6.07, 6.45) is 3.22. The number of phenols is 1. The van der Waals surface area contributed by atoms with Gasteiger partial charge in [0.25, 0.3) is 0 Å². The van der Waals surface area contributed by atoms with E-state index in [-0.39, 0.29) is 5.41 Å². The fraction of sp³-hybridized carbons (Fsp3) is 0.286. The van der Waals surface area contributed by atoms with Crippen molar-refractivity contribution in [3.05, 3.63) is 101 Å². The van der Waals surface area contributed by atoms with E-state index in [2.05, 4.69) is 70.5 Å². The summed E-state index contributed by atoms with van der Waals surface area (Å²) in [5, 5.41) is 11.6. The first-order valence-electron chi connectivity index (χ1n) is 11.4. The summed E-state index contributed by atoms with van der Waals surface area (Å²) in [7, 11) is 0. The van der Waals surface area contributed by atoms with Gasteiger partial charge in [0, 0.05) is 35.1 Å². The number of para-hydroxylation sites is 1. The van der Waals surface area contributed by atoms with E-state index < -0.39 is 0 Å². The summed E-state index contributed by atoms with van der Waals surface area (Å²) in [6, 6.07) is 27.6. The lowest BCUT2D eigenvalue weighted by molar-refractivity contribution is 0.0765. The molecule has 1 aliphatic carbocycles. The van der Waals surface area contributed by atoms with Gasteiger partial charge < -0.3 is 10.1 Å². The molecule has 3 heteroatoms. The Bertz CT molecular complexity index is 1230. The van der Waals surface area contributed by atoms with Gasteiger partial charge in [-0.2, -0.15) is 0 Å². The molecule has 3 nitrogen and oxygen atoms in total. The predicted molar refractivity (Wildman–Crippen MR) is 125 cm³/mol. The fourth-order valence-corrected chi connectivity index (χ4v) is 6.12. The summed E-state index contributed by atoms with van der Waals surface area (Å²) in [5.74, 6) is 0.901. The van der Waals surface area contributed by atoms with Gasteiger partial charge in [-0.1, -0.05) is 60.7 Å². The van der Waals surface area contributed by atoms with Crippen molar-refractivity contribution >= 4 is 10.9 Å². The van der Waals surface area contributed by atoms with Crippen molar-refractivity contribution in [1.29, 1.82) is 0 Å². The molecule has 1 aliphatic heterocycles. The van der Waals surface area contributed by atoms with E-state index in [1.165, 1.54) is 33.3 Å². The molecule has 0 radical (unpaired) electrons. The Morgan fingerprint density at radius 3 is 2.68 bits per heavy atom. The largest absolute Gasteiger partial charge is 0.508 e. The lowest BCUT2D eigenvalue weighted by atomic mass is 9.58. The van der Waals surface area contributed by atoms with Gasteiger partial charge in [-0.3, -0.25) is 4.90 Å². The number of H-pyrrole nitrogens is 1. The zero-order valence-corrected chi connectivity index (χ0v) is 17.7. The summed E-state index contributed by atoms with van der Waals surface area (Å²) >= 11 is 0. The molecule has 1 saturated heterocycles. The quantitative estimate of drug-likeness (QED) is 0.474. The number of piperidine rings is 1. The fourth-order valence-electron chi connectivity index (χ4n) is 6.12. The first kappa shape index (κ1) is 18.7. The lowest BCUT2D eigenvalue weighted by Gasteiger charge is -2.51. The number of nitrogens with zero attached hydrogens (tertiary/aromatic N) is 1. The highest BCUT2D eigenvalue weighted by atomic mass is 16.3. The van der Waals surface area contributed by atoms with Crippen LogP contribution in [-0.2, 0) is 24.8 Å². The predicted octanol–water partition coefficient (Wildman–Crippen LogP) is 5.43. The van der Waals surface area contributed by atoms with Crippen LogP contribution in [0.4, 0.5) is 0 Å². The number of aromatic amines is 1. The number of phenolic OH excluding ortho intramolecular Hbond substituents is 1. The molecule has 6 rings (SSSR count). The molecule has 1 unspecified atom stereocenters. The minimum Gasteiger partial charge on any atom is -0.508 e. The van der Waals surface area contributed by atoms with Crippen LogP contribution in [0, 0.1) is 5.92 Å². The first-order chi connectivity index (χ1) is 15.2. The number of fused-ring (bicyclic) bond motifs is 4. The van der Waals surface area contributed by atoms with Crippen molar-refractivity contribution < 1.29 is 5.11 Å². The van der Waals surface area contributed by atoms with Gasteiger partial charge in [0.2, 0.25) is 0 Å². The number of aromatic nitrogens is 1. The summed E-state index contributed by atoms with van der Waals surface area (Å²) < 4.78 is 0. The van der Waals surface area contributed by atoms with Crippen LogP contribution < -0.4 is 0 Å². The highest BCUT2D eigenvalue weighted by Crippen LogP contribution is 2.49. The molecule has 1 fully saturated rings. The highest BCUT2D eigenvalue weighted by Gasteiger charge is 2.48. The molecular weight excluding hydrogens is 380 g/mol. The van der Waals surface area contributed by atoms with E-state index in [0.717, 1.165) is 38.9 Å². The third-order valence-corrected chi connectivity index (χ3v) is 7.65. The number of hydrogen-bond donors (Lipinski definition) is 2. The summed E-state index contributed by atoms with van der Waals surface area (Å²) in [6.45, 7) is 3.17. The molecule has 0 amide bonds. The standard InChI is InChI=1S/C28H28N2O/c31-23-10-6-9-21(15-23)28-13-14-30(18-20-7-2-1-3-8-20)19-22(28)16-25-24-11-4-5-12-26(24)29-27(25)17-28/h1-12,15,22,29,31H,13-14,16-19H2/t22?,28-/m0/s1.